The van der Waals surface area contributed by atoms with Crippen molar-refractivity contribution < 1.29 is 23.0 Å². The van der Waals surface area contributed by atoms with Crippen LogP contribution < -0.4 is 4.74 Å². The molecule has 1 rings (SSSR count). The summed E-state index contributed by atoms with van der Waals surface area (Å²) in [5.74, 6) is 0.0748. The summed E-state index contributed by atoms with van der Waals surface area (Å²) >= 11 is 3.10. The van der Waals surface area contributed by atoms with Gasteiger partial charge in [-0.1, -0.05) is 15.9 Å². The summed E-state index contributed by atoms with van der Waals surface area (Å²) in [7, 11) is 0. The second kappa shape index (κ2) is 4.85. The zero-order chi connectivity index (χ0) is 11.5. The summed E-state index contributed by atoms with van der Waals surface area (Å²) in [5.41, 5.74) is 0.488. The van der Waals surface area contributed by atoms with E-state index in [1.807, 2.05) is 0 Å². The van der Waals surface area contributed by atoms with Gasteiger partial charge in [-0.05, 0) is 23.8 Å². The van der Waals surface area contributed by atoms with Crippen LogP contribution in [-0.2, 0) is 6.61 Å². The van der Waals surface area contributed by atoms with Crippen molar-refractivity contribution in [3.63, 3.8) is 0 Å². The summed E-state index contributed by atoms with van der Waals surface area (Å²) in [5, 5.41) is 8.82. The van der Waals surface area contributed by atoms with Crippen molar-refractivity contribution in [3.8, 4) is 5.75 Å². The zero-order valence-corrected chi connectivity index (χ0v) is 9.10. The molecular formula is C9H8BrF3O2. The lowest BCUT2D eigenvalue weighted by Crippen LogP contribution is -2.19. The van der Waals surface area contributed by atoms with Crippen molar-refractivity contribution in [2.45, 2.75) is 12.8 Å². The minimum Gasteiger partial charge on any atom is -0.484 e. The Balaban J connectivity index is 2.73. The van der Waals surface area contributed by atoms with Crippen LogP contribution in [0.3, 0.4) is 0 Å². The molecule has 0 unspecified atom stereocenters. The Morgan fingerprint density at radius 1 is 1.27 bits per heavy atom. The van der Waals surface area contributed by atoms with Crippen LogP contribution in [0, 0.1) is 0 Å². The van der Waals surface area contributed by atoms with E-state index in [0.717, 1.165) is 0 Å². The number of rotatable bonds is 3. The lowest BCUT2D eigenvalue weighted by Gasteiger charge is -2.10. The van der Waals surface area contributed by atoms with E-state index in [4.69, 9.17) is 5.11 Å². The number of halogens is 4. The van der Waals surface area contributed by atoms with Gasteiger partial charge in [-0.15, -0.1) is 0 Å². The average Bonchev–Trinajstić information content (AvgIpc) is 2.13. The number of aliphatic hydroxyl groups is 1. The Morgan fingerprint density at radius 2 is 1.93 bits per heavy atom. The second-order valence-electron chi connectivity index (χ2n) is 2.86. The molecule has 0 bridgehead atoms. The Hall–Kier alpha value is -0.750. The largest absolute Gasteiger partial charge is 0.484 e. The fraction of sp³-hybridized carbons (Fsp3) is 0.333. The van der Waals surface area contributed by atoms with Gasteiger partial charge in [0, 0.05) is 4.47 Å². The molecule has 1 aromatic rings. The van der Waals surface area contributed by atoms with Gasteiger partial charge in [0.25, 0.3) is 0 Å². The number of aliphatic hydroxyl groups excluding tert-OH is 1. The fourth-order valence-electron chi connectivity index (χ4n) is 0.961. The molecule has 84 valence electrons. The molecule has 1 aromatic carbocycles. The highest BCUT2D eigenvalue weighted by Crippen LogP contribution is 2.23. The Bertz CT molecular complexity index is 339. The third-order valence-corrected chi connectivity index (χ3v) is 1.97. The van der Waals surface area contributed by atoms with Gasteiger partial charge >= 0.3 is 6.18 Å². The van der Waals surface area contributed by atoms with E-state index in [9.17, 15) is 13.2 Å². The number of benzene rings is 1. The van der Waals surface area contributed by atoms with Gasteiger partial charge in [0.1, 0.15) is 5.75 Å². The lowest BCUT2D eigenvalue weighted by molar-refractivity contribution is -0.153. The maximum Gasteiger partial charge on any atom is 0.422 e. The van der Waals surface area contributed by atoms with Gasteiger partial charge in [-0.2, -0.15) is 13.2 Å². The molecule has 0 aliphatic rings. The summed E-state index contributed by atoms with van der Waals surface area (Å²) in [6, 6.07) is 4.36. The highest BCUT2D eigenvalue weighted by molar-refractivity contribution is 9.10. The van der Waals surface area contributed by atoms with Crippen LogP contribution >= 0.6 is 15.9 Å². The number of ether oxygens (including phenoxy) is 1. The van der Waals surface area contributed by atoms with Crippen molar-refractivity contribution in [2.75, 3.05) is 6.61 Å². The van der Waals surface area contributed by atoms with E-state index in [0.29, 0.717) is 10.0 Å². The van der Waals surface area contributed by atoms with Crippen LogP contribution in [-0.4, -0.2) is 17.9 Å². The molecule has 0 radical (unpaired) electrons. The van der Waals surface area contributed by atoms with Crippen LogP contribution in [0.15, 0.2) is 22.7 Å². The maximum atomic E-state index is 11.8. The highest BCUT2D eigenvalue weighted by atomic mass is 79.9. The van der Waals surface area contributed by atoms with Crippen molar-refractivity contribution >= 4 is 15.9 Å². The summed E-state index contributed by atoms with van der Waals surface area (Å²) in [6.45, 7) is -1.59. The Kier molecular flexibility index (Phi) is 3.98. The van der Waals surface area contributed by atoms with Gasteiger partial charge in [0.05, 0.1) is 6.61 Å². The molecule has 0 spiro atoms. The molecular weight excluding hydrogens is 277 g/mol. The topological polar surface area (TPSA) is 29.5 Å². The first-order valence-electron chi connectivity index (χ1n) is 4.00. The monoisotopic (exact) mass is 284 g/mol. The van der Waals surface area contributed by atoms with E-state index in [1.165, 1.54) is 12.1 Å². The first-order valence-corrected chi connectivity index (χ1v) is 4.80. The molecule has 0 aromatic heterocycles. The number of alkyl halides is 3. The first kappa shape index (κ1) is 12.3. The van der Waals surface area contributed by atoms with Gasteiger partial charge in [-0.3, -0.25) is 0 Å². The molecule has 0 amide bonds. The average molecular weight is 285 g/mol. The molecule has 0 saturated carbocycles. The normalized spacial score (nSPS) is 11.5. The van der Waals surface area contributed by atoms with Crippen LogP contribution in [0.1, 0.15) is 5.56 Å². The van der Waals surface area contributed by atoms with Gasteiger partial charge in [0.15, 0.2) is 6.61 Å². The third-order valence-electron chi connectivity index (χ3n) is 1.52. The van der Waals surface area contributed by atoms with Crippen LogP contribution in [0.4, 0.5) is 13.2 Å². The number of hydrogen-bond acceptors (Lipinski definition) is 2. The van der Waals surface area contributed by atoms with Crippen LogP contribution in [0.5, 0.6) is 5.75 Å². The molecule has 6 heteroatoms. The van der Waals surface area contributed by atoms with E-state index in [-0.39, 0.29) is 12.4 Å². The number of hydrogen-bond donors (Lipinski definition) is 1. The molecule has 2 nitrogen and oxygen atoms in total. The highest BCUT2D eigenvalue weighted by Gasteiger charge is 2.28. The van der Waals surface area contributed by atoms with Crippen molar-refractivity contribution in [3.05, 3.63) is 28.2 Å². The predicted molar refractivity (Wildman–Crippen MR) is 51.6 cm³/mol. The van der Waals surface area contributed by atoms with Crippen LogP contribution in [0.2, 0.25) is 0 Å². The second-order valence-corrected chi connectivity index (χ2v) is 3.77. The summed E-state index contributed by atoms with van der Waals surface area (Å²) < 4.78 is 40.6. The quantitative estimate of drug-likeness (QED) is 0.925. The first-order chi connectivity index (χ1) is 6.90. The predicted octanol–water partition coefficient (Wildman–Crippen LogP) is 2.88. The minimum absolute atomic E-state index is 0.0748. The third kappa shape index (κ3) is 4.53. The van der Waals surface area contributed by atoms with E-state index < -0.39 is 12.8 Å². The molecule has 0 atom stereocenters. The molecule has 1 N–H and O–H groups in total. The molecule has 0 heterocycles. The van der Waals surface area contributed by atoms with Gasteiger partial charge < -0.3 is 9.84 Å². The van der Waals surface area contributed by atoms with Crippen LogP contribution in [0.25, 0.3) is 0 Å². The fourth-order valence-corrected chi connectivity index (χ4v) is 1.48. The smallest absolute Gasteiger partial charge is 0.422 e. The summed E-state index contributed by atoms with van der Waals surface area (Å²) in [6.07, 6.45) is -4.36. The molecule has 0 fully saturated rings. The van der Waals surface area contributed by atoms with E-state index in [2.05, 4.69) is 20.7 Å². The maximum absolute atomic E-state index is 11.8. The Labute approximate surface area is 92.8 Å². The molecule has 0 aliphatic heterocycles. The minimum atomic E-state index is -4.36. The van der Waals surface area contributed by atoms with Gasteiger partial charge in [-0.25, -0.2) is 0 Å². The van der Waals surface area contributed by atoms with Crippen molar-refractivity contribution in [1.29, 1.82) is 0 Å². The lowest BCUT2D eigenvalue weighted by atomic mass is 10.2. The van der Waals surface area contributed by atoms with E-state index >= 15 is 0 Å². The van der Waals surface area contributed by atoms with Crippen molar-refractivity contribution in [2.24, 2.45) is 0 Å². The Morgan fingerprint density at radius 3 is 2.47 bits per heavy atom. The SMILES string of the molecule is OCc1cc(Br)cc(OCC(F)(F)F)c1. The molecule has 0 saturated heterocycles. The van der Waals surface area contributed by atoms with E-state index in [1.54, 1.807) is 6.07 Å². The summed E-state index contributed by atoms with van der Waals surface area (Å²) in [4.78, 5) is 0. The molecule has 15 heavy (non-hydrogen) atoms. The molecule has 0 aliphatic carbocycles. The zero-order valence-electron chi connectivity index (χ0n) is 7.51. The standard InChI is InChI=1S/C9H8BrF3O2/c10-7-1-6(4-14)2-8(3-7)15-5-9(11,12)13/h1-3,14H,4-5H2. The van der Waals surface area contributed by atoms with Gasteiger partial charge in [0.2, 0.25) is 0 Å². The van der Waals surface area contributed by atoms with Crippen molar-refractivity contribution in [1.82, 2.24) is 0 Å².